The summed E-state index contributed by atoms with van der Waals surface area (Å²) in [6, 6.07) is 0.271. The molecule has 0 aromatic heterocycles. The summed E-state index contributed by atoms with van der Waals surface area (Å²) in [6.45, 7) is 13.0. The second-order valence-electron chi connectivity index (χ2n) is 4.65. The normalized spacial score (nSPS) is 23.1. The average Bonchev–Trinajstić information content (AvgIpc) is 2.87. The molecule has 0 aliphatic carbocycles. The van der Waals surface area contributed by atoms with Crippen molar-refractivity contribution in [2.45, 2.75) is 18.6 Å². The molecular formula is C17H25NO2. The Morgan fingerprint density at radius 1 is 1.25 bits per heavy atom. The lowest BCUT2D eigenvalue weighted by Crippen LogP contribution is -2.32. The van der Waals surface area contributed by atoms with E-state index in [-0.39, 0.29) is 18.8 Å². The first-order valence-corrected chi connectivity index (χ1v) is 6.96. The lowest BCUT2D eigenvalue weighted by atomic mass is 10.0. The first-order chi connectivity index (χ1) is 9.76. The van der Waals surface area contributed by atoms with Crippen LogP contribution in [-0.4, -0.2) is 41.9 Å². The van der Waals surface area contributed by atoms with E-state index in [0.717, 1.165) is 13.0 Å². The van der Waals surface area contributed by atoms with Gasteiger partial charge in [-0.25, -0.2) is 0 Å². The van der Waals surface area contributed by atoms with Gasteiger partial charge in [-0.1, -0.05) is 36.5 Å². The average molecular weight is 275 g/mol. The van der Waals surface area contributed by atoms with E-state index in [4.69, 9.17) is 9.84 Å². The number of hydrogen-bond acceptors (Lipinski definition) is 3. The van der Waals surface area contributed by atoms with E-state index < -0.39 is 0 Å². The van der Waals surface area contributed by atoms with Crippen LogP contribution in [0.5, 0.6) is 0 Å². The molecule has 1 aliphatic rings. The van der Waals surface area contributed by atoms with E-state index in [1.54, 1.807) is 12.2 Å². The zero-order valence-electron chi connectivity index (χ0n) is 12.0. The van der Waals surface area contributed by atoms with Gasteiger partial charge in [-0.05, 0) is 12.6 Å². The molecule has 0 saturated heterocycles. The van der Waals surface area contributed by atoms with E-state index in [9.17, 15) is 0 Å². The Kier molecular flexibility index (Phi) is 7.70. The Morgan fingerprint density at radius 2 is 2.05 bits per heavy atom. The summed E-state index contributed by atoms with van der Waals surface area (Å²) in [5.41, 5.74) is 0. The smallest absolute Gasteiger partial charge is 0.0788 e. The lowest BCUT2D eigenvalue weighted by Gasteiger charge is -2.26. The minimum Gasteiger partial charge on any atom is -0.392 e. The summed E-state index contributed by atoms with van der Waals surface area (Å²) < 4.78 is 5.77. The van der Waals surface area contributed by atoms with E-state index in [2.05, 4.69) is 36.9 Å². The first kappa shape index (κ1) is 16.5. The second-order valence-corrected chi connectivity index (χ2v) is 4.65. The molecule has 0 aromatic rings. The van der Waals surface area contributed by atoms with Crippen LogP contribution in [0.1, 0.15) is 6.42 Å². The quantitative estimate of drug-likeness (QED) is 0.622. The van der Waals surface area contributed by atoms with Crippen molar-refractivity contribution >= 4 is 0 Å². The van der Waals surface area contributed by atoms with E-state index in [0.29, 0.717) is 12.5 Å². The van der Waals surface area contributed by atoms with Crippen LogP contribution in [0.3, 0.4) is 0 Å². The van der Waals surface area contributed by atoms with E-state index in [1.165, 1.54) is 0 Å². The molecule has 3 atom stereocenters. The van der Waals surface area contributed by atoms with Gasteiger partial charge in [-0.2, -0.15) is 0 Å². The predicted octanol–water partition coefficient (Wildman–Crippen LogP) is 2.68. The Bertz CT molecular complexity index is 373. The Hall–Kier alpha value is -1.58. The lowest BCUT2D eigenvalue weighted by molar-refractivity contribution is 0.0716. The fraction of sp³-hybridized carbons (Fsp3) is 0.412. The molecule has 1 N–H and O–H groups in total. The molecule has 1 heterocycles. The summed E-state index contributed by atoms with van der Waals surface area (Å²) in [4.78, 5) is 2.21. The van der Waals surface area contributed by atoms with Crippen molar-refractivity contribution < 1.29 is 9.84 Å². The molecule has 0 amide bonds. The Balaban J connectivity index is 2.34. The van der Waals surface area contributed by atoms with Crippen LogP contribution >= 0.6 is 0 Å². The molecule has 0 radical (unpaired) electrons. The standard InChI is InChI=1S/C17H25NO2/c1-4-15-10-11-18(17(15)6-3)12-14-20-16(5-2)9-7-8-13-19/h4-8,10-11,15-17,19H,1-3,9,12-14H2/b8-7+/t15?,16?,17-/m1/s1. The second kappa shape index (κ2) is 9.34. The minimum atomic E-state index is -0.0123. The van der Waals surface area contributed by atoms with Gasteiger partial charge in [0.2, 0.25) is 0 Å². The zero-order chi connectivity index (χ0) is 14.8. The number of aliphatic hydroxyl groups excluding tert-OH is 1. The van der Waals surface area contributed by atoms with Gasteiger partial charge in [0.25, 0.3) is 0 Å². The zero-order valence-corrected chi connectivity index (χ0v) is 12.0. The van der Waals surface area contributed by atoms with Crippen LogP contribution in [0.4, 0.5) is 0 Å². The molecule has 0 saturated carbocycles. The third kappa shape index (κ3) is 4.83. The van der Waals surface area contributed by atoms with Gasteiger partial charge in [-0.15, -0.1) is 19.7 Å². The van der Waals surface area contributed by atoms with E-state index >= 15 is 0 Å². The molecule has 0 fully saturated rings. The molecule has 3 nitrogen and oxygen atoms in total. The van der Waals surface area contributed by atoms with Crippen molar-refractivity contribution in [3.05, 3.63) is 62.4 Å². The molecule has 3 heteroatoms. The summed E-state index contributed by atoms with van der Waals surface area (Å²) in [5.74, 6) is 0.329. The highest BCUT2D eigenvalue weighted by molar-refractivity contribution is 5.15. The third-order valence-electron chi connectivity index (χ3n) is 3.38. The van der Waals surface area contributed by atoms with Crippen molar-refractivity contribution in [2.24, 2.45) is 5.92 Å². The van der Waals surface area contributed by atoms with Gasteiger partial charge >= 0.3 is 0 Å². The first-order valence-electron chi connectivity index (χ1n) is 6.96. The maximum absolute atomic E-state index is 8.69. The molecule has 1 aliphatic heterocycles. The molecule has 1 rings (SSSR count). The van der Waals surface area contributed by atoms with Gasteiger partial charge in [-0.3, -0.25) is 0 Å². The highest BCUT2D eigenvalue weighted by atomic mass is 16.5. The van der Waals surface area contributed by atoms with Crippen LogP contribution in [0, 0.1) is 5.92 Å². The van der Waals surface area contributed by atoms with Crippen LogP contribution in [0.15, 0.2) is 62.4 Å². The van der Waals surface area contributed by atoms with Crippen molar-refractivity contribution in [3.63, 3.8) is 0 Å². The van der Waals surface area contributed by atoms with Gasteiger partial charge in [0.1, 0.15) is 0 Å². The van der Waals surface area contributed by atoms with E-state index in [1.807, 2.05) is 18.2 Å². The summed E-state index contributed by atoms with van der Waals surface area (Å²) in [6.07, 6.45) is 14.2. The topological polar surface area (TPSA) is 32.7 Å². The van der Waals surface area contributed by atoms with Gasteiger partial charge < -0.3 is 14.7 Å². The SMILES string of the molecule is C=CC(C/C=C/CO)OCCN1C=CC(C=C)[C@H]1C=C. The van der Waals surface area contributed by atoms with Crippen molar-refractivity contribution in [1.29, 1.82) is 0 Å². The summed E-state index contributed by atoms with van der Waals surface area (Å²) in [5, 5.41) is 8.69. The predicted molar refractivity (Wildman–Crippen MR) is 84.3 cm³/mol. The number of rotatable bonds is 10. The monoisotopic (exact) mass is 275 g/mol. The molecule has 0 aromatic carbocycles. The maximum atomic E-state index is 8.69. The number of aliphatic hydroxyl groups is 1. The van der Waals surface area contributed by atoms with Crippen LogP contribution < -0.4 is 0 Å². The number of ether oxygens (including phenoxy) is 1. The fourth-order valence-corrected chi connectivity index (χ4v) is 2.23. The Labute approximate surface area is 122 Å². The Morgan fingerprint density at radius 3 is 2.65 bits per heavy atom. The fourth-order valence-electron chi connectivity index (χ4n) is 2.23. The third-order valence-corrected chi connectivity index (χ3v) is 3.38. The molecule has 0 spiro atoms. The van der Waals surface area contributed by atoms with Crippen molar-refractivity contribution in [1.82, 2.24) is 4.90 Å². The molecule has 0 bridgehead atoms. The van der Waals surface area contributed by atoms with Crippen molar-refractivity contribution in [2.75, 3.05) is 19.8 Å². The number of hydrogen-bond donors (Lipinski definition) is 1. The molecule has 2 unspecified atom stereocenters. The molecule has 110 valence electrons. The molecular weight excluding hydrogens is 250 g/mol. The van der Waals surface area contributed by atoms with Gasteiger partial charge in [0.05, 0.1) is 25.4 Å². The molecule has 20 heavy (non-hydrogen) atoms. The summed E-state index contributed by atoms with van der Waals surface area (Å²) >= 11 is 0. The highest BCUT2D eigenvalue weighted by Crippen LogP contribution is 2.22. The minimum absolute atomic E-state index is 0.0123. The highest BCUT2D eigenvalue weighted by Gasteiger charge is 2.23. The van der Waals surface area contributed by atoms with Crippen LogP contribution in [0.25, 0.3) is 0 Å². The van der Waals surface area contributed by atoms with Crippen molar-refractivity contribution in [3.8, 4) is 0 Å². The number of nitrogens with zero attached hydrogens (tertiary/aromatic N) is 1. The van der Waals surface area contributed by atoms with Crippen LogP contribution in [0.2, 0.25) is 0 Å². The van der Waals surface area contributed by atoms with Crippen LogP contribution in [-0.2, 0) is 4.74 Å². The summed E-state index contributed by atoms with van der Waals surface area (Å²) in [7, 11) is 0. The van der Waals surface area contributed by atoms with Gasteiger partial charge in [0, 0.05) is 12.5 Å². The maximum Gasteiger partial charge on any atom is 0.0788 e. The largest absolute Gasteiger partial charge is 0.392 e. The van der Waals surface area contributed by atoms with Gasteiger partial charge in [0.15, 0.2) is 0 Å².